The number of aryl methyl sites for hydroxylation is 2. The van der Waals surface area contributed by atoms with Crippen molar-refractivity contribution >= 4 is 27.3 Å². The minimum absolute atomic E-state index is 0.0342. The molecule has 1 N–H and O–H groups in total. The van der Waals surface area contributed by atoms with Gasteiger partial charge in [-0.05, 0) is 74.7 Å². The second-order valence-electron chi connectivity index (χ2n) is 8.74. The van der Waals surface area contributed by atoms with Crippen LogP contribution in [0, 0.1) is 13.8 Å². The van der Waals surface area contributed by atoms with Gasteiger partial charge >= 0.3 is 0 Å². The summed E-state index contributed by atoms with van der Waals surface area (Å²) in [5, 5.41) is 2.86. The molecule has 0 saturated carbocycles. The lowest BCUT2D eigenvalue weighted by atomic mass is 10.1. The summed E-state index contributed by atoms with van der Waals surface area (Å²) in [5.41, 5.74) is 3.32. The van der Waals surface area contributed by atoms with E-state index in [0.29, 0.717) is 23.7 Å². The molecule has 0 aromatic heterocycles. The van der Waals surface area contributed by atoms with Gasteiger partial charge in [0.1, 0.15) is 12.4 Å². The van der Waals surface area contributed by atoms with Crippen LogP contribution in [0.3, 0.4) is 0 Å². The van der Waals surface area contributed by atoms with Crippen LogP contribution in [0.1, 0.15) is 34.3 Å². The number of amides is 1. The molecule has 0 bridgehead atoms. The van der Waals surface area contributed by atoms with Gasteiger partial charge in [0.15, 0.2) is 0 Å². The second kappa shape index (κ2) is 10.5. The molecule has 8 heteroatoms. The number of hydrogen-bond acceptors (Lipinski definition) is 5. The number of rotatable bonds is 8. The molecule has 1 aliphatic heterocycles. The highest BCUT2D eigenvalue weighted by Gasteiger charge is 2.23. The normalized spacial score (nSPS) is 15.6. The highest BCUT2D eigenvalue weighted by Crippen LogP contribution is 2.28. The predicted molar refractivity (Wildman–Crippen MR) is 137 cm³/mol. The molecule has 1 saturated heterocycles. The van der Waals surface area contributed by atoms with Crippen LogP contribution in [0.5, 0.6) is 5.75 Å². The third-order valence-corrected chi connectivity index (χ3v) is 7.77. The van der Waals surface area contributed by atoms with Crippen molar-refractivity contribution in [3.8, 4) is 5.75 Å². The van der Waals surface area contributed by atoms with E-state index in [2.05, 4.69) is 5.32 Å². The fraction of sp³-hybridized carbons (Fsp3) is 0.296. The van der Waals surface area contributed by atoms with E-state index >= 15 is 0 Å². The molecular weight excluding hydrogens is 464 g/mol. The van der Waals surface area contributed by atoms with Crippen molar-refractivity contribution in [2.24, 2.45) is 0 Å². The zero-order chi connectivity index (χ0) is 25.0. The standard InChI is InChI=1S/C27H30N2O5S/c1-19-9-12-22(13-10-19)29(3)35(31,32)24-8-4-6-21(17-24)27(30)28-25-14-11-20(2)16-26(25)34-18-23-7-5-15-33-23/h4,6,8-14,16-17,23H,5,7,15,18H2,1-3H3,(H,28,30). The summed E-state index contributed by atoms with van der Waals surface area (Å²) < 4.78 is 39.2. The second-order valence-corrected chi connectivity index (χ2v) is 10.7. The SMILES string of the molecule is Cc1ccc(N(C)S(=O)(=O)c2cccc(C(=O)Nc3ccc(C)cc3OCC3CCCO3)c2)cc1. The lowest BCUT2D eigenvalue weighted by Crippen LogP contribution is -2.27. The Hall–Kier alpha value is -3.36. The van der Waals surface area contributed by atoms with Crippen molar-refractivity contribution in [3.63, 3.8) is 0 Å². The van der Waals surface area contributed by atoms with E-state index in [1.54, 1.807) is 30.3 Å². The van der Waals surface area contributed by atoms with Crippen molar-refractivity contribution in [1.82, 2.24) is 0 Å². The molecule has 3 aromatic carbocycles. The molecule has 0 spiro atoms. The summed E-state index contributed by atoms with van der Waals surface area (Å²) in [6.07, 6.45) is 2.02. The Morgan fingerprint density at radius 1 is 1.06 bits per heavy atom. The fourth-order valence-electron chi connectivity index (χ4n) is 3.85. The molecule has 7 nitrogen and oxygen atoms in total. The smallest absolute Gasteiger partial charge is 0.264 e. The number of nitrogens with one attached hydrogen (secondary N) is 1. The van der Waals surface area contributed by atoms with E-state index in [4.69, 9.17) is 9.47 Å². The molecule has 184 valence electrons. The first-order valence-electron chi connectivity index (χ1n) is 11.6. The first-order valence-corrected chi connectivity index (χ1v) is 13.0. The number of carbonyl (C=O) groups is 1. The van der Waals surface area contributed by atoms with Crippen molar-refractivity contribution in [3.05, 3.63) is 83.4 Å². The number of benzene rings is 3. The minimum atomic E-state index is -3.85. The van der Waals surface area contributed by atoms with E-state index in [1.165, 1.54) is 23.5 Å². The molecule has 1 unspecified atom stereocenters. The summed E-state index contributed by atoms with van der Waals surface area (Å²) >= 11 is 0. The van der Waals surface area contributed by atoms with Crippen LogP contribution < -0.4 is 14.4 Å². The maximum absolute atomic E-state index is 13.2. The summed E-state index contributed by atoms with van der Waals surface area (Å²) in [7, 11) is -2.35. The molecule has 1 fully saturated rings. The van der Waals surface area contributed by atoms with Gasteiger partial charge in [0.25, 0.3) is 15.9 Å². The van der Waals surface area contributed by atoms with Gasteiger partial charge in [-0.25, -0.2) is 8.42 Å². The molecule has 35 heavy (non-hydrogen) atoms. The Morgan fingerprint density at radius 2 is 1.80 bits per heavy atom. The van der Waals surface area contributed by atoms with Gasteiger partial charge in [-0.3, -0.25) is 9.10 Å². The number of sulfonamides is 1. The zero-order valence-corrected chi connectivity index (χ0v) is 21.0. The third kappa shape index (κ3) is 5.83. The Morgan fingerprint density at radius 3 is 2.51 bits per heavy atom. The molecule has 0 aliphatic carbocycles. The lowest BCUT2D eigenvalue weighted by Gasteiger charge is -2.20. The maximum atomic E-state index is 13.2. The van der Waals surface area contributed by atoms with Gasteiger partial charge in [0.2, 0.25) is 0 Å². The summed E-state index contributed by atoms with van der Waals surface area (Å²) in [6.45, 7) is 5.03. The Labute approximate surface area is 206 Å². The van der Waals surface area contributed by atoms with Gasteiger partial charge in [-0.1, -0.05) is 29.8 Å². The van der Waals surface area contributed by atoms with Gasteiger partial charge < -0.3 is 14.8 Å². The molecule has 1 heterocycles. The average Bonchev–Trinajstić information content (AvgIpc) is 3.38. The Bertz CT molecular complexity index is 1300. The van der Waals surface area contributed by atoms with Crippen molar-refractivity contribution in [2.45, 2.75) is 37.7 Å². The average molecular weight is 495 g/mol. The molecule has 1 aliphatic rings. The van der Waals surface area contributed by atoms with Crippen LogP contribution >= 0.6 is 0 Å². The Balaban J connectivity index is 1.53. The first kappa shape index (κ1) is 24.8. The van der Waals surface area contributed by atoms with Crippen LogP contribution in [0.2, 0.25) is 0 Å². The van der Waals surface area contributed by atoms with Crippen molar-refractivity contribution < 1.29 is 22.7 Å². The van der Waals surface area contributed by atoms with Gasteiger partial charge in [-0.2, -0.15) is 0 Å². The molecular formula is C27H30N2O5S. The maximum Gasteiger partial charge on any atom is 0.264 e. The van der Waals surface area contributed by atoms with Crippen LogP contribution in [0.25, 0.3) is 0 Å². The number of anilines is 2. The molecule has 4 rings (SSSR count). The minimum Gasteiger partial charge on any atom is -0.489 e. The number of hydrogen-bond donors (Lipinski definition) is 1. The summed E-state index contributed by atoms with van der Waals surface area (Å²) in [6, 6.07) is 18.7. The predicted octanol–water partition coefficient (Wildman–Crippen LogP) is 4.94. The number of carbonyl (C=O) groups excluding carboxylic acids is 1. The van der Waals surface area contributed by atoms with Crippen LogP contribution in [0.15, 0.2) is 71.6 Å². The van der Waals surface area contributed by atoms with Gasteiger partial charge in [0.05, 0.1) is 22.4 Å². The van der Waals surface area contributed by atoms with Crippen LogP contribution in [0.4, 0.5) is 11.4 Å². The van der Waals surface area contributed by atoms with Crippen molar-refractivity contribution in [1.29, 1.82) is 0 Å². The highest BCUT2D eigenvalue weighted by atomic mass is 32.2. The van der Waals surface area contributed by atoms with E-state index in [-0.39, 0.29) is 16.6 Å². The largest absolute Gasteiger partial charge is 0.489 e. The van der Waals surface area contributed by atoms with Crippen LogP contribution in [-0.2, 0) is 14.8 Å². The molecule has 1 amide bonds. The van der Waals surface area contributed by atoms with Crippen molar-refractivity contribution in [2.75, 3.05) is 29.9 Å². The fourth-order valence-corrected chi connectivity index (χ4v) is 5.10. The third-order valence-electron chi connectivity index (χ3n) is 5.99. The van der Waals surface area contributed by atoms with E-state index in [9.17, 15) is 13.2 Å². The van der Waals surface area contributed by atoms with Gasteiger partial charge in [0, 0.05) is 19.2 Å². The number of nitrogens with zero attached hydrogens (tertiary/aromatic N) is 1. The molecule has 1 atom stereocenters. The van der Waals surface area contributed by atoms with Crippen LogP contribution in [-0.4, -0.2) is 40.7 Å². The molecule has 3 aromatic rings. The van der Waals surface area contributed by atoms with Gasteiger partial charge in [-0.15, -0.1) is 0 Å². The number of ether oxygens (including phenoxy) is 2. The Kier molecular flexibility index (Phi) is 7.42. The molecule has 0 radical (unpaired) electrons. The first-order chi connectivity index (χ1) is 16.7. The topological polar surface area (TPSA) is 84.9 Å². The van der Waals surface area contributed by atoms with E-state index in [0.717, 1.165) is 30.6 Å². The summed E-state index contributed by atoms with van der Waals surface area (Å²) in [5.74, 6) is 0.127. The lowest BCUT2D eigenvalue weighted by molar-refractivity contribution is 0.0681. The monoisotopic (exact) mass is 494 g/mol. The quantitative estimate of drug-likeness (QED) is 0.480. The highest BCUT2D eigenvalue weighted by molar-refractivity contribution is 7.92. The summed E-state index contributed by atoms with van der Waals surface area (Å²) in [4.78, 5) is 13.1. The zero-order valence-electron chi connectivity index (χ0n) is 20.2. The van der Waals surface area contributed by atoms with E-state index < -0.39 is 15.9 Å². The van der Waals surface area contributed by atoms with E-state index in [1.807, 2.05) is 38.1 Å².